The molecule has 0 aromatic heterocycles. The summed E-state index contributed by atoms with van der Waals surface area (Å²) in [4.78, 5) is 12.3. The number of ether oxygens (including phenoxy) is 2. The van der Waals surface area contributed by atoms with Crippen molar-refractivity contribution in [3.05, 3.63) is 51.3 Å². The number of hydrogen-bond donors (Lipinski definition) is 1. The first-order valence-corrected chi connectivity index (χ1v) is 8.20. The number of methoxy groups -OCH3 is 1. The van der Waals surface area contributed by atoms with Crippen molar-refractivity contribution in [2.24, 2.45) is 0 Å². The molecule has 0 aliphatic rings. The molecule has 122 valence electrons. The van der Waals surface area contributed by atoms with E-state index < -0.39 is 5.82 Å². The van der Waals surface area contributed by atoms with Gasteiger partial charge in [0.2, 0.25) is 0 Å². The number of anilines is 1. The summed E-state index contributed by atoms with van der Waals surface area (Å²) in [5.74, 6) is 0.374. The van der Waals surface area contributed by atoms with Crippen molar-refractivity contribution >= 4 is 34.2 Å². The molecule has 23 heavy (non-hydrogen) atoms. The second-order valence-corrected chi connectivity index (χ2v) is 5.96. The molecule has 2 aromatic carbocycles. The van der Waals surface area contributed by atoms with Crippen LogP contribution in [0.3, 0.4) is 0 Å². The Hall–Kier alpha value is -1.83. The predicted octanol–water partition coefficient (Wildman–Crippen LogP) is 4.48. The Morgan fingerprint density at radius 1 is 1.30 bits per heavy atom. The highest BCUT2D eigenvalue weighted by Crippen LogP contribution is 2.34. The number of nitrogens with one attached hydrogen (secondary N) is 1. The van der Waals surface area contributed by atoms with Crippen molar-refractivity contribution in [2.75, 3.05) is 19.0 Å². The summed E-state index contributed by atoms with van der Waals surface area (Å²) in [6.07, 6.45) is 0.876. The van der Waals surface area contributed by atoms with E-state index in [4.69, 9.17) is 9.47 Å². The fourth-order valence-corrected chi connectivity index (χ4v) is 2.72. The first-order valence-electron chi connectivity index (χ1n) is 7.12. The number of rotatable bonds is 6. The van der Waals surface area contributed by atoms with E-state index in [9.17, 15) is 9.18 Å². The largest absolute Gasteiger partial charge is 0.493 e. The Bertz CT molecular complexity index is 706. The Balaban J connectivity index is 2.25. The zero-order chi connectivity index (χ0) is 16.8. The predicted molar refractivity (Wildman–Crippen MR) is 95.9 cm³/mol. The lowest BCUT2D eigenvalue weighted by Gasteiger charge is -2.14. The highest BCUT2D eigenvalue weighted by Gasteiger charge is 2.15. The molecule has 6 heteroatoms. The van der Waals surface area contributed by atoms with Gasteiger partial charge in [-0.05, 0) is 59.3 Å². The fourth-order valence-electron chi connectivity index (χ4n) is 1.96. The number of benzene rings is 2. The lowest BCUT2D eigenvalue weighted by atomic mass is 10.1. The van der Waals surface area contributed by atoms with Crippen molar-refractivity contribution in [2.45, 2.75) is 13.3 Å². The van der Waals surface area contributed by atoms with Crippen LogP contribution in [0, 0.1) is 9.39 Å². The van der Waals surface area contributed by atoms with E-state index in [0.717, 1.165) is 9.99 Å². The molecule has 4 nitrogen and oxygen atoms in total. The molecule has 1 amide bonds. The minimum Gasteiger partial charge on any atom is -0.493 e. The molecule has 2 rings (SSSR count). The smallest absolute Gasteiger partial charge is 0.255 e. The Morgan fingerprint density at radius 3 is 2.74 bits per heavy atom. The molecule has 0 saturated heterocycles. The Kier molecular flexibility index (Phi) is 6.20. The molecule has 0 saturated carbocycles. The molecular weight excluding hydrogens is 412 g/mol. The first-order chi connectivity index (χ1) is 11.0. The van der Waals surface area contributed by atoms with Crippen molar-refractivity contribution in [1.82, 2.24) is 0 Å². The second kappa shape index (κ2) is 8.14. The van der Waals surface area contributed by atoms with Gasteiger partial charge < -0.3 is 14.8 Å². The lowest BCUT2D eigenvalue weighted by molar-refractivity contribution is 0.102. The van der Waals surface area contributed by atoms with Gasteiger partial charge in [0.05, 0.1) is 17.3 Å². The SMILES string of the molecule is CCCOc1c(I)cc(C(=O)Nc2cccc(F)c2)cc1OC. The average Bonchev–Trinajstić information content (AvgIpc) is 2.53. The summed E-state index contributed by atoms with van der Waals surface area (Å²) >= 11 is 2.10. The highest BCUT2D eigenvalue weighted by atomic mass is 127. The van der Waals surface area contributed by atoms with Crippen molar-refractivity contribution in [3.8, 4) is 11.5 Å². The summed E-state index contributed by atoms with van der Waals surface area (Å²) in [6.45, 7) is 2.58. The van der Waals surface area contributed by atoms with Crippen molar-refractivity contribution in [1.29, 1.82) is 0 Å². The third kappa shape index (κ3) is 4.57. The zero-order valence-electron chi connectivity index (χ0n) is 12.9. The van der Waals surface area contributed by atoms with Crippen LogP contribution in [-0.4, -0.2) is 19.6 Å². The van der Waals surface area contributed by atoms with Gasteiger partial charge in [-0.3, -0.25) is 4.79 Å². The molecule has 0 aliphatic heterocycles. The highest BCUT2D eigenvalue weighted by molar-refractivity contribution is 14.1. The zero-order valence-corrected chi connectivity index (χ0v) is 15.0. The molecular formula is C17H17FINO3. The maximum atomic E-state index is 13.2. The molecule has 0 spiro atoms. The second-order valence-electron chi connectivity index (χ2n) is 4.80. The van der Waals surface area contributed by atoms with Gasteiger partial charge >= 0.3 is 0 Å². The van der Waals surface area contributed by atoms with E-state index in [1.807, 2.05) is 6.92 Å². The normalized spacial score (nSPS) is 10.3. The molecule has 0 radical (unpaired) electrons. The van der Waals surface area contributed by atoms with Crippen LogP contribution in [0.25, 0.3) is 0 Å². The van der Waals surface area contributed by atoms with E-state index in [1.165, 1.54) is 25.3 Å². The van der Waals surface area contributed by atoms with Crippen LogP contribution in [0.1, 0.15) is 23.7 Å². The van der Waals surface area contributed by atoms with Gasteiger partial charge in [0, 0.05) is 11.3 Å². The van der Waals surface area contributed by atoms with Crippen LogP contribution in [0.15, 0.2) is 36.4 Å². The molecule has 0 heterocycles. The maximum Gasteiger partial charge on any atom is 0.255 e. The monoisotopic (exact) mass is 429 g/mol. The minimum absolute atomic E-state index is 0.339. The van der Waals surface area contributed by atoms with E-state index in [1.54, 1.807) is 18.2 Å². The van der Waals surface area contributed by atoms with E-state index in [-0.39, 0.29) is 5.91 Å². The Labute approximate surface area is 148 Å². The average molecular weight is 429 g/mol. The van der Waals surface area contributed by atoms with Crippen LogP contribution in [0.4, 0.5) is 10.1 Å². The summed E-state index contributed by atoms with van der Waals surface area (Å²) in [7, 11) is 1.53. The summed E-state index contributed by atoms with van der Waals surface area (Å²) in [6, 6.07) is 9.07. The van der Waals surface area contributed by atoms with E-state index in [0.29, 0.717) is 29.4 Å². The van der Waals surface area contributed by atoms with E-state index >= 15 is 0 Å². The van der Waals surface area contributed by atoms with Gasteiger partial charge in [0.25, 0.3) is 5.91 Å². The minimum atomic E-state index is -0.404. The van der Waals surface area contributed by atoms with Gasteiger partial charge in [0.1, 0.15) is 5.82 Å². The van der Waals surface area contributed by atoms with Gasteiger partial charge in [0.15, 0.2) is 11.5 Å². The van der Waals surface area contributed by atoms with Crippen LogP contribution in [0.5, 0.6) is 11.5 Å². The lowest BCUT2D eigenvalue weighted by Crippen LogP contribution is -2.13. The van der Waals surface area contributed by atoms with Gasteiger partial charge in [-0.2, -0.15) is 0 Å². The standard InChI is InChI=1S/C17H17FINO3/c1-3-7-23-16-14(19)8-11(9-15(16)22-2)17(21)20-13-6-4-5-12(18)10-13/h4-6,8-10H,3,7H2,1-2H3,(H,20,21). The number of hydrogen-bond acceptors (Lipinski definition) is 3. The topological polar surface area (TPSA) is 47.6 Å². The first kappa shape index (κ1) is 17.5. The van der Waals surface area contributed by atoms with Crippen LogP contribution < -0.4 is 14.8 Å². The summed E-state index contributed by atoms with van der Waals surface area (Å²) in [5, 5.41) is 2.66. The number of halogens is 2. The maximum absolute atomic E-state index is 13.2. The van der Waals surface area contributed by atoms with E-state index in [2.05, 4.69) is 27.9 Å². The molecule has 1 N–H and O–H groups in total. The third-order valence-corrected chi connectivity index (χ3v) is 3.83. The number of amides is 1. The molecule has 0 atom stereocenters. The molecule has 0 bridgehead atoms. The van der Waals surface area contributed by atoms with Gasteiger partial charge in [-0.1, -0.05) is 13.0 Å². The third-order valence-electron chi connectivity index (χ3n) is 3.02. The van der Waals surface area contributed by atoms with Crippen LogP contribution in [0.2, 0.25) is 0 Å². The molecule has 0 aliphatic carbocycles. The molecule has 0 unspecified atom stereocenters. The van der Waals surface area contributed by atoms with Crippen LogP contribution in [-0.2, 0) is 0 Å². The van der Waals surface area contributed by atoms with Gasteiger partial charge in [-0.25, -0.2) is 4.39 Å². The quantitative estimate of drug-likeness (QED) is 0.689. The van der Waals surface area contributed by atoms with Gasteiger partial charge in [-0.15, -0.1) is 0 Å². The fraction of sp³-hybridized carbons (Fsp3) is 0.235. The summed E-state index contributed by atoms with van der Waals surface area (Å²) < 4.78 is 24.9. The summed E-state index contributed by atoms with van der Waals surface area (Å²) in [5.41, 5.74) is 0.814. The van der Waals surface area contributed by atoms with Crippen molar-refractivity contribution in [3.63, 3.8) is 0 Å². The van der Waals surface area contributed by atoms with Crippen LogP contribution >= 0.6 is 22.6 Å². The molecule has 2 aromatic rings. The van der Waals surface area contributed by atoms with Crippen molar-refractivity contribution < 1.29 is 18.7 Å². The Morgan fingerprint density at radius 2 is 2.09 bits per heavy atom. The number of carbonyl (C=O) groups is 1. The number of carbonyl (C=O) groups excluding carboxylic acids is 1. The molecule has 0 fully saturated rings.